The minimum atomic E-state index is -3.69. The monoisotopic (exact) mass is 360 g/mol. The molecule has 0 spiro atoms. The number of nitrogens with zero attached hydrogens (tertiary/aromatic N) is 1. The Morgan fingerprint density at radius 1 is 1.08 bits per heavy atom. The van der Waals surface area contributed by atoms with Gasteiger partial charge in [0.05, 0.1) is 17.5 Å². The third-order valence-electron chi connectivity index (χ3n) is 4.01. The number of rotatable bonds is 7. The molecule has 0 radical (unpaired) electrons. The van der Waals surface area contributed by atoms with Gasteiger partial charge in [0, 0.05) is 6.54 Å². The maximum Gasteiger partial charge on any atom is 0.243 e. The molecule has 0 aliphatic carbocycles. The number of nitrogens with one attached hydrogen (secondary N) is 1. The minimum absolute atomic E-state index is 0.186. The third kappa shape index (κ3) is 4.90. The first-order valence-electron chi connectivity index (χ1n) is 8.25. The van der Waals surface area contributed by atoms with Crippen molar-refractivity contribution < 1.29 is 13.2 Å². The lowest BCUT2D eigenvalue weighted by molar-refractivity contribution is -0.121. The van der Waals surface area contributed by atoms with Crippen LogP contribution in [0.15, 0.2) is 59.5 Å². The van der Waals surface area contributed by atoms with Crippen molar-refractivity contribution in [2.24, 2.45) is 0 Å². The lowest BCUT2D eigenvalue weighted by atomic mass is 10.1. The summed E-state index contributed by atoms with van der Waals surface area (Å²) in [5.74, 6) is -0.325. The second-order valence-corrected chi connectivity index (χ2v) is 7.88. The van der Waals surface area contributed by atoms with E-state index >= 15 is 0 Å². The summed E-state index contributed by atoms with van der Waals surface area (Å²) in [6.07, 6.45) is 0. The van der Waals surface area contributed by atoms with Gasteiger partial charge in [-0.2, -0.15) is 4.31 Å². The molecule has 0 saturated heterocycles. The summed E-state index contributed by atoms with van der Waals surface area (Å²) in [6.45, 7) is 5.51. The number of amides is 1. The highest BCUT2D eigenvalue weighted by Gasteiger charge is 2.25. The molecule has 0 fully saturated rings. The number of aryl methyl sites for hydroxylation is 1. The van der Waals surface area contributed by atoms with Gasteiger partial charge >= 0.3 is 0 Å². The summed E-state index contributed by atoms with van der Waals surface area (Å²) in [4.78, 5) is 12.5. The van der Waals surface area contributed by atoms with Gasteiger partial charge in [-0.05, 0) is 31.5 Å². The van der Waals surface area contributed by atoms with Crippen LogP contribution in [0.1, 0.15) is 31.0 Å². The Balaban J connectivity index is 2.08. The first-order chi connectivity index (χ1) is 11.8. The summed E-state index contributed by atoms with van der Waals surface area (Å²) >= 11 is 0. The Labute approximate surface area is 149 Å². The first kappa shape index (κ1) is 19.1. The lowest BCUT2D eigenvalue weighted by Gasteiger charge is -2.22. The van der Waals surface area contributed by atoms with E-state index < -0.39 is 10.0 Å². The van der Waals surface area contributed by atoms with Gasteiger partial charge in [-0.1, -0.05) is 55.0 Å². The van der Waals surface area contributed by atoms with Crippen LogP contribution in [0.25, 0.3) is 0 Å². The predicted octanol–water partition coefficient (Wildman–Crippen LogP) is 2.88. The van der Waals surface area contributed by atoms with Crippen molar-refractivity contribution in [2.45, 2.75) is 31.7 Å². The van der Waals surface area contributed by atoms with E-state index in [0.29, 0.717) is 0 Å². The quantitative estimate of drug-likeness (QED) is 0.826. The van der Waals surface area contributed by atoms with E-state index in [2.05, 4.69) is 5.32 Å². The molecule has 25 heavy (non-hydrogen) atoms. The van der Waals surface area contributed by atoms with Crippen LogP contribution in [0.3, 0.4) is 0 Å². The summed E-state index contributed by atoms with van der Waals surface area (Å²) in [5.41, 5.74) is 1.96. The van der Waals surface area contributed by atoms with Crippen LogP contribution < -0.4 is 5.32 Å². The molecule has 0 aliphatic rings. The molecule has 0 aliphatic heterocycles. The molecule has 2 rings (SSSR count). The van der Waals surface area contributed by atoms with E-state index in [1.54, 1.807) is 31.2 Å². The van der Waals surface area contributed by atoms with Crippen LogP contribution in [-0.2, 0) is 14.8 Å². The van der Waals surface area contributed by atoms with Gasteiger partial charge in [-0.15, -0.1) is 0 Å². The second kappa shape index (κ2) is 8.27. The van der Waals surface area contributed by atoms with Crippen LogP contribution in [0.5, 0.6) is 0 Å². The molecule has 134 valence electrons. The van der Waals surface area contributed by atoms with Gasteiger partial charge in [0.1, 0.15) is 0 Å². The fraction of sp³-hybridized carbons (Fsp3) is 0.316. The van der Waals surface area contributed by atoms with Gasteiger partial charge in [0.15, 0.2) is 0 Å². The SMILES string of the molecule is CCN(CC(=O)NC(C)c1ccccc1)S(=O)(=O)c1ccc(C)cc1. The second-order valence-electron chi connectivity index (χ2n) is 5.94. The molecule has 6 heteroatoms. The fourth-order valence-electron chi connectivity index (χ4n) is 2.50. The molecule has 0 heterocycles. The summed E-state index contributed by atoms with van der Waals surface area (Å²) in [7, 11) is -3.69. The number of carbonyl (C=O) groups excluding carboxylic acids is 1. The van der Waals surface area contributed by atoms with Gasteiger partial charge < -0.3 is 5.32 Å². The van der Waals surface area contributed by atoms with Crippen LogP contribution in [0.2, 0.25) is 0 Å². The van der Waals surface area contributed by atoms with Crippen molar-refractivity contribution in [2.75, 3.05) is 13.1 Å². The summed E-state index contributed by atoms with van der Waals surface area (Å²) in [6, 6.07) is 16.0. The topological polar surface area (TPSA) is 66.5 Å². The van der Waals surface area contributed by atoms with E-state index in [0.717, 1.165) is 11.1 Å². The number of sulfonamides is 1. The zero-order valence-electron chi connectivity index (χ0n) is 14.8. The van der Waals surface area contributed by atoms with E-state index in [9.17, 15) is 13.2 Å². The smallest absolute Gasteiger partial charge is 0.243 e. The van der Waals surface area contributed by atoms with E-state index in [4.69, 9.17) is 0 Å². The van der Waals surface area contributed by atoms with Crippen molar-refractivity contribution in [1.82, 2.24) is 9.62 Å². The molecular formula is C19H24N2O3S. The number of carbonyl (C=O) groups is 1. The van der Waals surface area contributed by atoms with Crippen LogP contribution in [0.4, 0.5) is 0 Å². The fourth-order valence-corrected chi connectivity index (χ4v) is 3.90. The van der Waals surface area contributed by atoms with Crippen molar-refractivity contribution in [3.05, 3.63) is 65.7 Å². The molecule has 5 nitrogen and oxygen atoms in total. The van der Waals surface area contributed by atoms with Crippen molar-refractivity contribution in [3.63, 3.8) is 0 Å². The van der Waals surface area contributed by atoms with Gasteiger partial charge in [0.2, 0.25) is 15.9 Å². The van der Waals surface area contributed by atoms with Crippen molar-refractivity contribution in [3.8, 4) is 0 Å². The van der Waals surface area contributed by atoms with Gasteiger partial charge in [-0.25, -0.2) is 8.42 Å². The Bertz CT molecular complexity index is 802. The molecule has 1 atom stereocenters. The van der Waals surface area contributed by atoms with Gasteiger partial charge in [-0.3, -0.25) is 4.79 Å². The Morgan fingerprint density at radius 3 is 2.24 bits per heavy atom. The Hall–Kier alpha value is -2.18. The largest absolute Gasteiger partial charge is 0.348 e. The van der Waals surface area contributed by atoms with Crippen LogP contribution >= 0.6 is 0 Å². The van der Waals surface area contributed by atoms with E-state index in [1.165, 1.54) is 4.31 Å². The highest BCUT2D eigenvalue weighted by Crippen LogP contribution is 2.16. The molecule has 2 aromatic carbocycles. The minimum Gasteiger partial charge on any atom is -0.348 e. The first-order valence-corrected chi connectivity index (χ1v) is 9.69. The third-order valence-corrected chi connectivity index (χ3v) is 5.94. The average Bonchev–Trinajstić information content (AvgIpc) is 2.60. The Kier molecular flexibility index (Phi) is 6.33. The highest BCUT2D eigenvalue weighted by molar-refractivity contribution is 7.89. The molecule has 0 bridgehead atoms. The maximum absolute atomic E-state index is 12.7. The number of hydrogen-bond acceptors (Lipinski definition) is 3. The maximum atomic E-state index is 12.7. The Morgan fingerprint density at radius 2 is 1.68 bits per heavy atom. The zero-order chi connectivity index (χ0) is 18.4. The van der Waals surface area contributed by atoms with Crippen LogP contribution in [0, 0.1) is 6.92 Å². The summed E-state index contributed by atoms with van der Waals surface area (Å²) in [5, 5.41) is 2.85. The molecule has 0 aromatic heterocycles. The van der Waals surface area contributed by atoms with Crippen molar-refractivity contribution >= 4 is 15.9 Å². The normalized spacial score (nSPS) is 12.8. The molecule has 1 unspecified atom stereocenters. The van der Waals surface area contributed by atoms with E-state index in [1.807, 2.05) is 44.2 Å². The predicted molar refractivity (Wildman–Crippen MR) is 98.6 cm³/mol. The molecular weight excluding hydrogens is 336 g/mol. The molecule has 2 aromatic rings. The zero-order valence-corrected chi connectivity index (χ0v) is 15.6. The van der Waals surface area contributed by atoms with Crippen LogP contribution in [-0.4, -0.2) is 31.7 Å². The molecule has 1 N–H and O–H groups in total. The molecule has 1 amide bonds. The lowest BCUT2D eigenvalue weighted by Crippen LogP contribution is -2.41. The molecule has 0 saturated carbocycles. The number of likely N-dealkylation sites (N-methyl/N-ethyl adjacent to an activating group) is 1. The number of hydrogen-bond donors (Lipinski definition) is 1. The standard InChI is InChI=1S/C19H24N2O3S/c1-4-21(25(23,24)18-12-10-15(2)11-13-18)14-19(22)20-16(3)17-8-6-5-7-9-17/h5-13,16H,4,14H2,1-3H3,(H,20,22). The number of benzene rings is 2. The van der Waals surface area contributed by atoms with Gasteiger partial charge in [0.25, 0.3) is 0 Å². The van der Waals surface area contributed by atoms with E-state index in [-0.39, 0.29) is 29.9 Å². The average molecular weight is 360 g/mol. The highest BCUT2D eigenvalue weighted by atomic mass is 32.2. The van der Waals surface area contributed by atoms with Crippen molar-refractivity contribution in [1.29, 1.82) is 0 Å². The summed E-state index contributed by atoms with van der Waals surface area (Å²) < 4.78 is 26.6.